The van der Waals surface area contributed by atoms with Gasteiger partial charge >= 0.3 is 5.97 Å². The number of nitrogens with zero attached hydrogens (tertiary/aromatic N) is 1. The molecule has 0 radical (unpaired) electrons. The normalized spacial score (nSPS) is 12.3. The number of ether oxygens (including phenoxy) is 1. The largest absolute Gasteiger partial charge is 0.449 e. The van der Waals surface area contributed by atoms with Gasteiger partial charge in [0.15, 0.2) is 11.7 Å². The highest BCUT2D eigenvalue weighted by atomic mass is 16.5. The molecule has 0 aliphatic heterocycles. The summed E-state index contributed by atoms with van der Waals surface area (Å²) in [6, 6.07) is 13.0. The first-order valence-electron chi connectivity index (χ1n) is 8.55. The number of amides is 1. The number of fused-ring (bicyclic) bond motifs is 1. The second-order valence-electron chi connectivity index (χ2n) is 6.24. The first kappa shape index (κ1) is 18.4. The maximum absolute atomic E-state index is 12.3. The Bertz CT molecular complexity index is 987. The maximum atomic E-state index is 12.3. The van der Waals surface area contributed by atoms with Gasteiger partial charge in [-0.25, -0.2) is 9.78 Å². The van der Waals surface area contributed by atoms with E-state index in [-0.39, 0.29) is 0 Å². The van der Waals surface area contributed by atoms with E-state index in [2.05, 4.69) is 10.3 Å². The summed E-state index contributed by atoms with van der Waals surface area (Å²) in [6.07, 6.45) is 1.66. The fourth-order valence-electron chi connectivity index (χ4n) is 2.47. The number of aromatic nitrogens is 1. The van der Waals surface area contributed by atoms with Crippen LogP contribution in [-0.2, 0) is 14.3 Å². The Morgan fingerprint density at radius 2 is 1.96 bits per heavy atom. The molecule has 6 nitrogen and oxygen atoms in total. The van der Waals surface area contributed by atoms with Crippen molar-refractivity contribution in [2.24, 2.45) is 0 Å². The standard InChI is InChI=1S/C21H20N2O4/c1-13-8-9-14(2)17(12-13)23-21(25)15(3)26-20(24)11-10-19-22-16-6-4-5-7-18(16)27-19/h4-12,15H,1-3H3,(H,23,25)/b11-10+/t15-/m0/s1. The van der Waals surface area contributed by atoms with Gasteiger partial charge in [-0.2, -0.15) is 0 Å². The molecule has 1 aromatic heterocycles. The minimum Gasteiger partial charge on any atom is -0.449 e. The van der Waals surface area contributed by atoms with Gasteiger partial charge in [-0.3, -0.25) is 4.79 Å². The minimum atomic E-state index is -0.939. The van der Waals surface area contributed by atoms with Crippen LogP contribution in [0.1, 0.15) is 23.9 Å². The van der Waals surface area contributed by atoms with E-state index in [4.69, 9.17) is 9.15 Å². The molecule has 2 aromatic carbocycles. The summed E-state index contributed by atoms with van der Waals surface area (Å²) in [6.45, 7) is 5.36. The van der Waals surface area contributed by atoms with Gasteiger partial charge in [0.25, 0.3) is 5.91 Å². The van der Waals surface area contributed by atoms with Gasteiger partial charge in [0.05, 0.1) is 0 Å². The van der Waals surface area contributed by atoms with E-state index in [1.54, 1.807) is 6.07 Å². The van der Waals surface area contributed by atoms with Crippen molar-refractivity contribution in [3.63, 3.8) is 0 Å². The van der Waals surface area contributed by atoms with Crippen LogP contribution in [0.15, 0.2) is 53.0 Å². The molecule has 0 saturated carbocycles. The average Bonchev–Trinajstić information content (AvgIpc) is 3.06. The van der Waals surface area contributed by atoms with E-state index < -0.39 is 18.0 Å². The third-order valence-electron chi connectivity index (χ3n) is 3.99. The SMILES string of the molecule is Cc1ccc(C)c(NC(=O)[C@H](C)OC(=O)/C=C/c2nc3ccccc3o2)c1. The van der Waals surface area contributed by atoms with E-state index in [0.717, 1.165) is 11.1 Å². The molecule has 1 amide bonds. The van der Waals surface area contributed by atoms with Gasteiger partial charge in [0.2, 0.25) is 5.89 Å². The third kappa shape index (κ3) is 4.61. The maximum Gasteiger partial charge on any atom is 0.331 e. The van der Waals surface area contributed by atoms with Crippen LogP contribution < -0.4 is 5.32 Å². The molecule has 1 heterocycles. The molecule has 0 fully saturated rings. The monoisotopic (exact) mass is 364 g/mol. The van der Waals surface area contributed by atoms with Gasteiger partial charge in [-0.15, -0.1) is 0 Å². The van der Waals surface area contributed by atoms with E-state index in [9.17, 15) is 9.59 Å². The Morgan fingerprint density at radius 3 is 2.74 bits per heavy atom. The third-order valence-corrected chi connectivity index (χ3v) is 3.99. The first-order valence-corrected chi connectivity index (χ1v) is 8.55. The van der Waals surface area contributed by atoms with E-state index in [1.807, 2.05) is 50.2 Å². The fraction of sp³-hybridized carbons (Fsp3) is 0.190. The zero-order valence-electron chi connectivity index (χ0n) is 15.4. The molecule has 3 aromatic rings. The molecule has 138 valence electrons. The average molecular weight is 364 g/mol. The summed E-state index contributed by atoms with van der Waals surface area (Å²) in [5.41, 5.74) is 3.99. The van der Waals surface area contributed by atoms with Gasteiger partial charge in [-0.05, 0) is 50.1 Å². The highest BCUT2D eigenvalue weighted by Crippen LogP contribution is 2.17. The van der Waals surface area contributed by atoms with Crippen molar-refractivity contribution in [3.8, 4) is 0 Å². The van der Waals surface area contributed by atoms with Crippen LogP contribution in [0.2, 0.25) is 0 Å². The Hall–Kier alpha value is -3.41. The number of carbonyl (C=O) groups is 2. The molecule has 1 atom stereocenters. The summed E-state index contributed by atoms with van der Waals surface area (Å²) in [7, 11) is 0. The number of nitrogens with one attached hydrogen (secondary N) is 1. The number of anilines is 1. The van der Waals surface area contributed by atoms with Gasteiger partial charge in [0.1, 0.15) is 5.52 Å². The minimum absolute atomic E-state index is 0.292. The first-order chi connectivity index (χ1) is 12.9. The Kier molecular flexibility index (Phi) is 5.35. The van der Waals surface area contributed by atoms with Crippen LogP contribution in [-0.4, -0.2) is 23.0 Å². The van der Waals surface area contributed by atoms with Crippen LogP contribution in [0.3, 0.4) is 0 Å². The fourth-order valence-corrected chi connectivity index (χ4v) is 2.47. The Labute approximate surface area is 156 Å². The number of benzene rings is 2. The summed E-state index contributed by atoms with van der Waals surface area (Å²) in [4.78, 5) is 28.5. The van der Waals surface area contributed by atoms with Crippen LogP contribution >= 0.6 is 0 Å². The van der Waals surface area contributed by atoms with Crippen LogP contribution in [0.5, 0.6) is 0 Å². The molecule has 3 rings (SSSR count). The highest BCUT2D eigenvalue weighted by molar-refractivity contribution is 5.97. The summed E-state index contributed by atoms with van der Waals surface area (Å²) < 4.78 is 10.6. The molecular formula is C21H20N2O4. The van der Waals surface area contributed by atoms with Crippen molar-refractivity contribution < 1.29 is 18.7 Å². The Morgan fingerprint density at radius 1 is 1.19 bits per heavy atom. The number of hydrogen-bond acceptors (Lipinski definition) is 5. The van der Waals surface area contributed by atoms with E-state index >= 15 is 0 Å². The second kappa shape index (κ2) is 7.86. The number of esters is 1. The van der Waals surface area contributed by atoms with Gasteiger partial charge in [-0.1, -0.05) is 24.3 Å². The van der Waals surface area contributed by atoms with Gasteiger partial charge < -0.3 is 14.5 Å². The smallest absolute Gasteiger partial charge is 0.331 e. The van der Waals surface area contributed by atoms with Gasteiger partial charge in [0, 0.05) is 17.8 Å². The molecule has 0 saturated heterocycles. The zero-order chi connectivity index (χ0) is 19.4. The van der Waals surface area contributed by atoms with Crippen molar-refractivity contribution in [1.29, 1.82) is 0 Å². The van der Waals surface area contributed by atoms with E-state index in [0.29, 0.717) is 22.7 Å². The predicted molar refractivity (Wildman–Crippen MR) is 103 cm³/mol. The number of oxazole rings is 1. The van der Waals surface area contributed by atoms with E-state index in [1.165, 1.54) is 19.1 Å². The molecule has 0 unspecified atom stereocenters. The topological polar surface area (TPSA) is 81.4 Å². The second-order valence-corrected chi connectivity index (χ2v) is 6.24. The number of aryl methyl sites for hydroxylation is 2. The van der Waals surface area contributed by atoms with Crippen molar-refractivity contribution in [2.75, 3.05) is 5.32 Å². The van der Waals surface area contributed by atoms with Crippen molar-refractivity contribution in [2.45, 2.75) is 26.9 Å². The summed E-state index contributed by atoms with van der Waals surface area (Å²) >= 11 is 0. The van der Waals surface area contributed by atoms with Crippen molar-refractivity contribution in [1.82, 2.24) is 4.98 Å². The molecule has 27 heavy (non-hydrogen) atoms. The highest BCUT2D eigenvalue weighted by Gasteiger charge is 2.17. The lowest BCUT2D eigenvalue weighted by Crippen LogP contribution is -2.29. The number of hydrogen-bond donors (Lipinski definition) is 1. The van der Waals surface area contributed by atoms with Crippen LogP contribution in [0.4, 0.5) is 5.69 Å². The van der Waals surface area contributed by atoms with Crippen LogP contribution in [0, 0.1) is 13.8 Å². The Balaban J connectivity index is 1.59. The molecule has 0 aliphatic rings. The predicted octanol–water partition coefficient (Wildman–Crippen LogP) is 4.03. The molecule has 1 N–H and O–H groups in total. The number of para-hydroxylation sites is 2. The summed E-state index contributed by atoms with van der Waals surface area (Å²) in [5.74, 6) is -0.756. The molecule has 0 aliphatic carbocycles. The van der Waals surface area contributed by atoms with Crippen LogP contribution in [0.25, 0.3) is 17.2 Å². The quantitative estimate of drug-likeness (QED) is 0.546. The number of rotatable bonds is 5. The van der Waals surface area contributed by atoms with Crippen molar-refractivity contribution >= 4 is 34.7 Å². The molecular weight excluding hydrogens is 344 g/mol. The van der Waals surface area contributed by atoms with Crippen molar-refractivity contribution in [3.05, 3.63) is 65.6 Å². The molecule has 0 spiro atoms. The number of carbonyl (C=O) groups excluding carboxylic acids is 2. The summed E-state index contributed by atoms with van der Waals surface area (Å²) in [5, 5.41) is 2.78. The zero-order valence-corrected chi connectivity index (χ0v) is 15.4. The lowest BCUT2D eigenvalue weighted by atomic mass is 10.1. The lowest BCUT2D eigenvalue weighted by Gasteiger charge is -2.14. The molecule has 0 bridgehead atoms. The molecule has 6 heteroatoms. The lowest BCUT2D eigenvalue weighted by molar-refractivity contribution is -0.148.